The normalized spacial score (nSPS) is 22.0. The zero-order chi connectivity index (χ0) is 17.3. The van der Waals surface area contributed by atoms with Crippen molar-refractivity contribution in [1.29, 1.82) is 0 Å². The van der Waals surface area contributed by atoms with Crippen LogP contribution in [0.25, 0.3) is 0 Å². The topological polar surface area (TPSA) is 80.2 Å². The number of hydrogen-bond donors (Lipinski definition) is 1. The molecule has 1 N–H and O–H groups in total. The summed E-state index contributed by atoms with van der Waals surface area (Å²) in [4.78, 5) is 27.3. The summed E-state index contributed by atoms with van der Waals surface area (Å²) in [5, 5.41) is 3.26. The highest BCUT2D eigenvalue weighted by molar-refractivity contribution is 5.87. The molecule has 2 aromatic rings. The molecular formula is C18H21N5O2. The molecule has 0 bridgehead atoms. The second-order valence-electron chi connectivity index (χ2n) is 6.72. The van der Waals surface area contributed by atoms with Crippen LogP contribution in [-0.4, -0.2) is 46.6 Å². The molecule has 1 spiro atoms. The van der Waals surface area contributed by atoms with E-state index in [2.05, 4.69) is 25.2 Å². The Morgan fingerprint density at radius 3 is 2.88 bits per heavy atom. The first kappa shape index (κ1) is 15.8. The Balaban J connectivity index is 1.45. The Morgan fingerprint density at radius 2 is 2.16 bits per heavy atom. The number of nitrogens with zero attached hydrogens (tertiary/aromatic N) is 4. The third-order valence-corrected chi connectivity index (χ3v) is 5.27. The molecule has 2 saturated heterocycles. The van der Waals surface area contributed by atoms with E-state index in [1.807, 2.05) is 18.2 Å². The van der Waals surface area contributed by atoms with E-state index >= 15 is 0 Å². The van der Waals surface area contributed by atoms with E-state index in [-0.39, 0.29) is 17.4 Å². The number of hydrogen-bond acceptors (Lipinski definition) is 6. The molecule has 2 fully saturated rings. The molecule has 4 rings (SSSR count). The van der Waals surface area contributed by atoms with Crippen molar-refractivity contribution in [2.45, 2.75) is 30.7 Å². The first-order valence-corrected chi connectivity index (χ1v) is 8.52. The first-order chi connectivity index (χ1) is 12.2. The quantitative estimate of drug-likeness (QED) is 0.913. The van der Waals surface area contributed by atoms with Crippen LogP contribution < -0.4 is 15.0 Å². The summed E-state index contributed by atoms with van der Waals surface area (Å²) in [5.74, 6) is 1.45. The van der Waals surface area contributed by atoms with Crippen molar-refractivity contribution in [3.63, 3.8) is 0 Å². The maximum atomic E-state index is 12.5. The SMILES string of the molecule is COc1cc(N2CCC3(CC2)CC(c2cccnc2)C(=O)N3)ncn1. The minimum atomic E-state index is -0.120. The van der Waals surface area contributed by atoms with Crippen molar-refractivity contribution >= 4 is 11.7 Å². The fourth-order valence-electron chi connectivity index (χ4n) is 3.84. The summed E-state index contributed by atoms with van der Waals surface area (Å²) in [5.41, 5.74) is 0.880. The number of anilines is 1. The van der Waals surface area contributed by atoms with Gasteiger partial charge in [-0.2, -0.15) is 0 Å². The van der Waals surface area contributed by atoms with Gasteiger partial charge >= 0.3 is 0 Å². The molecule has 2 aliphatic rings. The van der Waals surface area contributed by atoms with Crippen molar-refractivity contribution in [3.8, 4) is 5.88 Å². The lowest BCUT2D eigenvalue weighted by Gasteiger charge is -2.39. The summed E-state index contributed by atoms with van der Waals surface area (Å²) >= 11 is 0. The van der Waals surface area contributed by atoms with Crippen LogP contribution in [0.15, 0.2) is 36.9 Å². The summed E-state index contributed by atoms with van der Waals surface area (Å²) in [6.07, 6.45) is 7.70. The number of amides is 1. The van der Waals surface area contributed by atoms with Crippen LogP contribution in [0.3, 0.4) is 0 Å². The highest BCUT2D eigenvalue weighted by atomic mass is 16.5. The van der Waals surface area contributed by atoms with Gasteiger partial charge < -0.3 is 15.0 Å². The third-order valence-electron chi connectivity index (χ3n) is 5.27. The Labute approximate surface area is 146 Å². The molecule has 7 heteroatoms. The maximum absolute atomic E-state index is 12.5. The molecule has 0 radical (unpaired) electrons. The van der Waals surface area contributed by atoms with Crippen LogP contribution >= 0.6 is 0 Å². The van der Waals surface area contributed by atoms with E-state index in [4.69, 9.17) is 4.74 Å². The van der Waals surface area contributed by atoms with E-state index in [0.717, 1.165) is 43.7 Å². The molecule has 1 amide bonds. The van der Waals surface area contributed by atoms with E-state index < -0.39 is 0 Å². The largest absolute Gasteiger partial charge is 0.481 e. The summed E-state index contributed by atoms with van der Waals surface area (Å²) in [6.45, 7) is 1.69. The molecule has 1 unspecified atom stereocenters. The Hall–Kier alpha value is -2.70. The molecule has 0 aliphatic carbocycles. The number of pyridine rings is 1. The first-order valence-electron chi connectivity index (χ1n) is 8.52. The predicted octanol–water partition coefficient (Wildman–Crippen LogP) is 1.52. The van der Waals surface area contributed by atoms with Crippen molar-refractivity contribution < 1.29 is 9.53 Å². The zero-order valence-electron chi connectivity index (χ0n) is 14.2. The average Bonchev–Trinajstić information content (AvgIpc) is 2.99. The van der Waals surface area contributed by atoms with Gasteiger partial charge in [-0.15, -0.1) is 0 Å². The highest BCUT2D eigenvalue weighted by Crippen LogP contribution is 2.39. The number of methoxy groups -OCH3 is 1. The Bertz CT molecular complexity index is 759. The van der Waals surface area contributed by atoms with Crippen molar-refractivity contribution in [2.75, 3.05) is 25.1 Å². The fraction of sp³-hybridized carbons (Fsp3) is 0.444. The van der Waals surface area contributed by atoms with Crippen LogP contribution in [-0.2, 0) is 4.79 Å². The minimum absolute atomic E-state index is 0.0978. The lowest BCUT2D eigenvalue weighted by Crippen LogP contribution is -2.51. The molecule has 130 valence electrons. The Morgan fingerprint density at radius 1 is 1.32 bits per heavy atom. The van der Waals surface area contributed by atoms with E-state index in [0.29, 0.717) is 5.88 Å². The van der Waals surface area contributed by atoms with Crippen LogP contribution in [0.1, 0.15) is 30.7 Å². The smallest absolute Gasteiger partial charge is 0.228 e. The molecule has 0 saturated carbocycles. The van der Waals surface area contributed by atoms with Gasteiger partial charge in [0.25, 0.3) is 0 Å². The number of piperidine rings is 1. The van der Waals surface area contributed by atoms with Gasteiger partial charge in [-0.1, -0.05) is 6.07 Å². The van der Waals surface area contributed by atoms with Gasteiger partial charge in [0, 0.05) is 37.1 Å². The van der Waals surface area contributed by atoms with E-state index in [1.165, 1.54) is 6.33 Å². The predicted molar refractivity (Wildman–Crippen MR) is 92.5 cm³/mol. The molecule has 0 aromatic carbocycles. The number of ether oxygens (including phenoxy) is 1. The van der Waals surface area contributed by atoms with Crippen LogP contribution in [0.4, 0.5) is 5.82 Å². The van der Waals surface area contributed by atoms with Crippen molar-refractivity contribution in [1.82, 2.24) is 20.3 Å². The van der Waals surface area contributed by atoms with Crippen LogP contribution in [0.5, 0.6) is 5.88 Å². The van der Waals surface area contributed by atoms with E-state index in [9.17, 15) is 4.79 Å². The monoisotopic (exact) mass is 339 g/mol. The van der Waals surface area contributed by atoms with Crippen LogP contribution in [0.2, 0.25) is 0 Å². The number of rotatable bonds is 3. The standard InChI is InChI=1S/C18H21N5O2/c1-25-16-9-15(20-12-21-16)23-7-4-18(5-8-23)10-14(17(24)22-18)13-3-2-6-19-11-13/h2-3,6,9,11-12,14H,4-5,7-8,10H2,1H3,(H,22,24). The summed E-state index contributed by atoms with van der Waals surface area (Å²) < 4.78 is 5.18. The third kappa shape index (κ3) is 3.01. The van der Waals surface area contributed by atoms with Gasteiger partial charge in [0.1, 0.15) is 12.1 Å². The molecule has 1 atom stereocenters. The average molecular weight is 339 g/mol. The number of aromatic nitrogens is 3. The van der Waals surface area contributed by atoms with Gasteiger partial charge in [0.2, 0.25) is 11.8 Å². The molecule has 2 aliphatic heterocycles. The van der Waals surface area contributed by atoms with Gasteiger partial charge in [0.05, 0.1) is 13.0 Å². The molecule has 25 heavy (non-hydrogen) atoms. The molecule has 2 aromatic heterocycles. The van der Waals surface area contributed by atoms with Crippen LogP contribution in [0, 0.1) is 0 Å². The Kier molecular flexibility index (Phi) is 3.99. The fourth-order valence-corrected chi connectivity index (χ4v) is 3.84. The highest BCUT2D eigenvalue weighted by Gasteiger charge is 2.46. The van der Waals surface area contributed by atoms with E-state index in [1.54, 1.807) is 19.5 Å². The second-order valence-corrected chi connectivity index (χ2v) is 6.72. The molecular weight excluding hydrogens is 318 g/mol. The summed E-state index contributed by atoms with van der Waals surface area (Å²) in [7, 11) is 1.60. The lowest BCUT2D eigenvalue weighted by atomic mass is 9.82. The number of nitrogens with one attached hydrogen (secondary N) is 1. The molecule has 4 heterocycles. The van der Waals surface area contributed by atoms with Gasteiger partial charge in [0.15, 0.2) is 0 Å². The molecule has 7 nitrogen and oxygen atoms in total. The maximum Gasteiger partial charge on any atom is 0.228 e. The number of carbonyl (C=O) groups excluding carboxylic acids is 1. The minimum Gasteiger partial charge on any atom is -0.481 e. The number of carbonyl (C=O) groups is 1. The zero-order valence-corrected chi connectivity index (χ0v) is 14.2. The van der Waals surface area contributed by atoms with Crippen molar-refractivity contribution in [2.24, 2.45) is 0 Å². The second kappa shape index (κ2) is 6.31. The van der Waals surface area contributed by atoms with Gasteiger partial charge in [-0.3, -0.25) is 9.78 Å². The van der Waals surface area contributed by atoms with Crippen molar-refractivity contribution in [3.05, 3.63) is 42.5 Å². The lowest BCUT2D eigenvalue weighted by molar-refractivity contribution is -0.121. The van der Waals surface area contributed by atoms with Gasteiger partial charge in [-0.25, -0.2) is 9.97 Å². The summed E-state index contributed by atoms with van der Waals surface area (Å²) in [6, 6.07) is 5.72. The van der Waals surface area contributed by atoms with Gasteiger partial charge in [-0.05, 0) is 30.9 Å².